The van der Waals surface area contributed by atoms with Gasteiger partial charge in [0.2, 0.25) is 5.91 Å². The van der Waals surface area contributed by atoms with Gasteiger partial charge in [0, 0.05) is 38.6 Å². The maximum atomic E-state index is 12.5. The van der Waals surface area contributed by atoms with Crippen LogP contribution in [0.2, 0.25) is 0 Å². The zero-order valence-corrected chi connectivity index (χ0v) is 14.7. The third-order valence-corrected chi connectivity index (χ3v) is 4.50. The average Bonchev–Trinajstić information content (AvgIpc) is 3.22. The lowest BCUT2D eigenvalue weighted by Crippen LogP contribution is -2.30. The molecule has 1 fully saturated rings. The monoisotopic (exact) mass is 344 g/mol. The van der Waals surface area contributed by atoms with Crippen molar-refractivity contribution in [2.75, 3.05) is 26.8 Å². The van der Waals surface area contributed by atoms with E-state index in [1.807, 2.05) is 48.2 Å². The second-order valence-electron chi connectivity index (χ2n) is 6.38. The molecule has 0 radical (unpaired) electrons. The second kappa shape index (κ2) is 8.16. The number of rotatable bonds is 7. The molecule has 0 unspecified atom stereocenters. The number of methoxy groups -OCH3 is 1. The van der Waals surface area contributed by atoms with Crippen molar-refractivity contribution in [1.29, 1.82) is 0 Å². The lowest BCUT2D eigenvalue weighted by Gasteiger charge is -2.16. The molecule has 2 aromatic rings. The van der Waals surface area contributed by atoms with Crippen LogP contribution in [0.25, 0.3) is 0 Å². The number of aromatic nitrogens is 1. The SMILES string of the molecule is CO[C@H]1CN(C(=O)CCOc2ccccc2)C[C@H]1Cc1cc(C)no1. The number of ether oxygens (including phenoxy) is 2. The predicted molar refractivity (Wildman–Crippen MR) is 92.4 cm³/mol. The third-order valence-electron chi connectivity index (χ3n) is 4.50. The molecule has 1 aromatic heterocycles. The minimum Gasteiger partial charge on any atom is -0.493 e. The second-order valence-corrected chi connectivity index (χ2v) is 6.38. The van der Waals surface area contributed by atoms with Crippen LogP contribution in [0.3, 0.4) is 0 Å². The van der Waals surface area contributed by atoms with Crippen molar-refractivity contribution < 1.29 is 18.8 Å². The molecule has 0 saturated carbocycles. The Hall–Kier alpha value is -2.34. The summed E-state index contributed by atoms with van der Waals surface area (Å²) in [5.41, 5.74) is 0.868. The summed E-state index contributed by atoms with van der Waals surface area (Å²) in [6.45, 7) is 3.56. The van der Waals surface area contributed by atoms with Crippen LogP contribution >= 0.6 is 0 Å². The van der Waals surface area contributed by atoms with E-state index in [1.54, 1.807) is 7.11 Å². The average molecular weight is 344 g/mol. The lowest BCUT2D eigenvalue weighted by atomic mass is 10.0. The standard InChI is InChI=1S/C19H24N2O4/c1-14-10-17(25-20-14)11-15-12-21(13-18(15)23-2)19(22)8-9-24-16-6-4-3-5-7-16/h3-7,10,15,18H,8-9,11-13H2,1-2H3/t15-,18+/m1/s1. The minimum atomic E-state index is 0.0180. The van der Waals surface area contributed by atoms with Gasteiger partial charge in [0.25, 0.3) is 0 Å². The van der Waals surface area contributed by atoms with Crippen molar-refractivity contribution in [3.8, 4) is 5.75 Å². The van der Waals surface area contributed by atoms with Crippen molar-refractivity contribution in [1.82, 2.24) is 10.1 Å². The molecule has 0 spiro atoms. The van der Waals surface area contributed by atoms with E-state index in [-0.39, 0.29) is 17.9 Å². The van der Waals surface area contributed by atoms with Crippen LogP contribution in [0.4, 0.5) is 0 Å². The number of nitrogens with zero attached hydrogens (tertiary/aromatic N) is 2. The maximum absolute atomic E-state index is 12.5. The molecule has 1 amide bonds. The van der Waals surface area contributed by atoms with Crippen molar-refractivity contribution in [2.24, 2.45) is 5.92 Å². The molecule has 2 heterocycles. The summed E-state index contributed by atoms with van der Waals surface area (Å²) in [5, 5.41) is 3.92. The highest BCUT2D eigenvalue weighted by Gasteiger charge is 2.35. The van der Waals surface area contributed by atoms with Crippen LogP contribution in [0.15, 0.2) is 40.9 Å². The van der Waals surface area contributed by atoms with Gasteiger partial charge in [-0.05, 0) is 19.1 Å². The first-order valence-corrected chi connectivity index (χ1v) is 8.56. The number of carbonyl (C=O) groups excluding carboxylic acids is 1. The summed E-state index contributed by atoms with van der Waals surface area (Å²) in [6.07, 6.45) is 1.10. The molecule has 1 aliphatic heterocycles. The molecule has 6 nitrogen and oxygen atoms in total. The van der Waals surface area contributed by atoms with Crippen LogP contribution in [-0.4, -0.2) is 48.9 Å². The summed E-state index contributed by atoms with van der Waals surface area (Å²) in [4.78, 5) is 14.3. The van der Waals surface area contributed by atoms with Gasteiger partial charge in [-0.25, -0.2) is 0 Å². The van der Waals surface area contributed by atoms with E-state index in [9.17, 15) is 4.79 Å². The molecule has 6 heteroatoms. The summed E-state index contributed by atoms with van der Waals surface area (Å²) in [6, 6.07) is 11.5. The number of hydrogen-bond acceptors (Lipinski definition) is 5. The van der Waals surface area contributed by atoms with Gasteiger partial charge in [-0.3, -0.25) is 4.79 Å². The Bertz CT molecular complexity index is 686. The van der Waals surface area contributed by atoms with Gasteiger partial charge in [-0.15, -0.1) is 0 Å². The first-order chi connectivity index (χ1) is 12.2. The van der Waals surface area contributed by atoms with E-state index >= 15 is 0 Å². The minimum absolute atomic E-state index is 0.0180. The zero-order chi connectivity index (χ0) is 17.6. The third kappa shape index (κ3) is 4.60. The summed E-state index contributed by atoms with van der Waals surface area (Å²) in [7, 11) is 1.69. The molecule has 1 aromatic carbocycles. The number of carbonyl (C=O) groups is 1. The number of benzene rings is 1. The molecule has 2 atom stereocenters. The maximum Gasteiger partial charge on any atom is 0.226 e. The summed E-state index contributed by atoms with van der Waals surface area (Å²) >= 11 is 0. The topological polar surface area (TPSA) is 64.8 Å². The van der Waals surface area contributed by atoms with Gasteiger partial charge in [0.1, 0.15) is 11.5 Å². The van der Waals surface area contributed by atoms with Crippen molar-refractivity contribution >= 4 is 5.91 Å². The normalized spacial score (nSPS) is 20.0. The Kier molecular flexibility index (Phi) is 5.71. The van der Waals surface area contributed by atoms with Gasteiger partial charge < -0.3 is 18.9 Å². The summed E-state index contributed by atoms with van der Waals surface area (Å²) in [5.74, 6) is 1.93. The fraction of sp³-hybridized carbons (Fsp3) is 0.474. The van der Waals surface area contributed by atoms with E-state index < -0.39 is 0 Å². The van der Waals surface area contributed by atoms with Crippen molar-refractivity contribution in [3.05, 3.63) is 47.9 Å². The molecule has 1 saturated heterocycles. The first kappa shape index (κ1) is 17.5. The van der Waals surface area contributed by atoms with Crippen LogP contribution in [0, 0.1) is 12.8 Å². The molecular formula is C19H24N2O4. The van der Waals surface area contributed by atoms with E-state index in [0.717, 1.165) is 23.6 Å². The molecule has 25 heavy (non-hydrogen) atoms. The fourth-order valence-electron chi connectivity index (χ4n) is 3.21. The summed E-state index contributed by atoms with van der Waals surface area (Å²) < 4.78 is 16.5. The molecule has 134 valence electrons. The Morgan fingerprint density at radius 2 is 2.12 bits per heavy atom. The highest BCUT2D eigenvalue weighted by Crippen LogP contribution is 2.24. The number of para-hydroxylation sites is 1. The first-order valence-electron chi connectivity index (χ1n) is 8.56. The Morgan fingerprint density at radius 1 is 1.32 bits per heavy atom. The van der Waals surface area contributed by atoms with Crippen LogP contribution in [0.5, 0.6) is 5.75 Å². The van der Waals surface area contributed by atoms with Gasteiger partial charge in [0.15, 0.2) is 0 Å². The Balaban J connectivity index is 1.49. The highest BCUT2D eigenvalue weighted by molar-refractivity contribution is 5.76. The van der Waals surface area contributed by atoms with Gasteiger partial charge >= 0.3 is 0 Å². The molecular weight excluding hydrogens is 320 g/mol. The molecule has 0 N–H and O–H groups in total. The van der Waals surface area contributed by atoms with E-state index in [0.29, 0.717) is 26.1 Å². The largest absolute Gasteiger partial charge is 0.493 e. The van der Waals surface area contributed by atoms with E-state index in [4.69, 9.17) is 14.0 Å². The van der Waals surface area contributed by atoms with E-state index in [1.165, 1.54) is 0 Å². The number of hydrogen-bond donors (Lipinski definition) is 0. The molecule has 1 aliphatic rings. The highest BCUT2D eigenvalue weighted by atomic mass is 16.5. The van der Waals surface area contributed by atoms with Gasteiger partial charge in [-0.2, -0.15) is 0 Å². The van der Waals surface area contributed by atoms with Crippen LogP contribution < -0.4 is 4.74 Å². The van der Waals surface area contributed by atoms with Crippen molar-refractivity contribution in [2.45, 2.75) is 25.9 Å². The number of aryl methyl sites for hydroxylation is 1. The van der Waals surface area contributed by atoms with E-state index in [2.05, 4.69) is 5.16 Å². The fourth-order valence-corrected chi connectivity index (χ4v) is 3.21. The molecule has 3 rings (SSSR count). The lowest BCUT2D eigenvalue weighted by molar-refractivity contribution is -0.131. The Labute approximate surface area is 147 Å². The smallest absolute Gasteiger partial charge is 0.226 e. The van der Waals surface area contributed by atoms with Crippen molar-refractivity contribution in [3.63, 3.8) is 0 Å². The van der Waals surface area contributed by atoms with Crippen LogP contribution in [-0.2, 0) is 16.0 Å². The molecule has 0 bridgehead atoms. The molecule has 0 aliphatic carbocycles. The zero-order valence-electron chi connectivity index (χ0n) is 14.7. The number of amides is 1. The van der Waals surface area contributed by atoms with Gasteiger partial charge in [0.05, 0.1) is 24.8 Å². The Morgan fingerprint density at radius 3 is 2.80 bits per heavy atom. The number of likely N-dealkylation sites (tertiary alicyclic amines) is 1. The van der Waals surface area contributed by atoms with Crippen LogP contribution in [0.1, 0.15) is 17.9 Å². The predicted octanol–water partition coefficient (Wildman–Crippen LogP) is 2.47. The quantitative estimate of drug-likeness (QED) is 0.772. The van der Waals surface area contributed by atoms with Gasteiger partial charge in [-0.1, -0.05) is 23.4 Å².